The molecule has 1 aromatic rings. The van der Waals surface area contributed by atoms with Gasteiger partial charge in [-0.2, -0.15) is 0 Å². The molecule has 0 aliphatic carbocycles. The van der Waals surface area contributed by atoms with Gasteiger partial charge < -0.3 is 16.9 Å². The summed E-state index contributed by atoms with van der Waals surface area (Å²) in [5.74, 6) is 6.58. The molecular weight excluding hydrogens is 232 g/mol. The second-order valence-corrected chi connectivity index (χ2v) is 6.05. The topological polar surface area (TPSA) is 129 Å². The third kappa shape index (κ3) is 2.25. The molecule has 9 heteroatoms. The summed E-state index contributed by atoms with van der Waals surface area (Å²) in [4.78, 5) is 0. The van der Waals surface area contributed by atoms with E-state index in [1.54, 1.807) is 0 Å². The van der Waals surface area contributed by atoms with Gasteiger partial charge in [-0.15, -0.1) is 10.2 Å². The molecular formula is C7H14N6O2S. The first-order valence-electron chi connectivity index (χ1n) is 4.86. The maximum atomic E-state index is 11.2. The van der Waals surface area contributed by atoms with Crippen molar-refractivity contribution in [3.05, 3.63) is 5.82 Å². The predicted molar refractivity (Wildman–Crippen MR) is 58.5 cm³/mol. The van der Waals surface area contributed by atoms with E-state index in [4.69, 9.17) is 11.6 Å². The zero-order valence-corrected chi connectivity index (χ0v) is 9.44. The highest BCUT2D eigenvalue weighted by Gasteiger charge is 2.27. The molecule has 1 atom stereocenters. The van der Waals surface area contributed by atoms with Crippen LogP contribution in [0.4, 0.5) is 5.95 Å². The normalized spacial score (nSPS) is 23.6. The first-order chi connectivity index (χ1) is 7.48. The van der Waals surface area contributed by atoms with Crippen LogP contribution in [0.25, 0.3) is 0 Å². The summed E-state index contributed by atoms with van der Waals surface area (Å²) in [6, 6.07) is -0.0390. The number of hydrogen-bond donors (Lipinski definition) is 3. The molecule has 8 nitrogen and oxygen atoms in total. The summed E-state index contributed by atoms with van der Waals surface area (Å²) in [6.07, 6.45) is 0.622. The second-order valence-electron chi connectivity index (χ2n) is 3.83. The highest BCUT2D eigenvalue weighted by molar-refractivity contribution is 7.91. The van der Waals surface area contributed by atoms with Crippen LogP contribution in [-0.4, -0.2) is 40.8 Å². The minimum Gasteiger partial charge on any atom is -0.366 e. The van der Waals surface area contributed by atoms with Crippen molar-refractivity contribution in [1.29, 1.82) is 0 Å². The Morgan fingerprint density at radius 3 is 2.75 bits per heavy atom. The average molecular weight is 246 g/mol. The molecule has 1 aromatic heterocycles. The summed E-state index contributed by atoms with van der Waals surface area (Å²) in [7, 11) is -2.87. The van der Waals surface area contributed by atoms with E-state index >= 15 is 0 Å². The number of nitrogen functional groups attached to an aromatic ring is 2. The Labute approximate surface area is 92.9 Å². The first-order valence-corrected chi connectivity index (χ1v) is 6.69. The zero-order chi connectivity index (χ0) is 11.8. The van der Waals surface area contributed by atoms with Crippen LogP contribution in [0.3, 0.4) is 0 Å². The lowest BCUT2D eigenvalue weighted by molar-refractivity contribution is 0.536. The van der Waals surface area contributed by atoms with Crippen molar-refractivity contribution in [1.82, 2.24) is 20.2 Å². The van der Waals surface area contributed by atoms with Crippen LogP contribution < -0.4 is 16.9 Å². The van der Waals surface area contributed by atoms with Gasteiger partial charge in [0.25, 0.3) is 0 Å². The SMILES string of the molecule is Nc1nnc(CNC2CCS(=O)(=O)C2)n1N. The van der Waals surface area contributed by atoms with E-state index in [1.165, 1.54) is 4.68 Å². The molecule has 90 valence electrons. The third-order valence-corrected chi connectivity index (χ3v) is 4.34. The molecule has 1 unspecified atom stereocenters. The van der Waals surface area contributed by atoms with E-state index in [9.17, 15) is 8.42 Å². The molecule has 1 saturated heterocycles. The number of sulfone groups is 1. The molecule has 0 spiro atoms. The number of anilines is 1. The van der Waals surface area contributed by atoms with Gasteiger partial charge in [0.1, 0.15) is 0 Å². The summed E-state index contributed by atoms with van der Waals surface area (Å²) in [6.45, 7) is 0.362. The van der Waals surface area contributed by atoms with Crippen LogP contribution in [0.15, 0.2) is 0 Å². The number of aromatic nitrogens is 3. The summed E-state index contributed by atoms with van der Waals surface area (Å²) in [5, 5.41) is 10.4. The Balaban J connectivity index is 1.92. The van der Waals surface area contributed by atoms with Crippen molar-refractivity contribution >= 4 is 15.8 Å². The fraction of sp³-hybridized carbons (Fsp3) is 0.714. The quantitative estimate of drug-likeness (QED) is 0.518. The smallest absolute Gasteiger partial charge is 0.240 e. The lowest BCUT2D eigenvalue weighted by Crippen LogP contribution is -2.31. The van der Waals surface area contributed by atoms with E-state index in [0.717, 1.165) is 0 Å². The number of hydrogen-bond acceptors (Lipinski definition) is 7. The summed E-state index contributed by atoms with van der Waals surface area (Å²) >= 11 is 0. The number of rotatable bonds is 3. The third-order valence-electron chi connectivity index (χ3n) is 2.57. The van der Waals surface area contributed by atoms with Crippen molar-refractivity contribution in [3.63, 3.8) is 0 Å². The predicted octanol–water partition coefficient (Wildman–Crippen LogP) is -2.15. The molecule has 0 radical (unpaired) electrons. The van der Waals surface area contributed by atoms with E-state index in [2.05, 4.69) is 15.5 Å². The minimum atomic E-state index is -2.87. The van der Waals surface area contributed by atoms with Crippen LogP contribution in [0.5, 0.6) is 0 Å². The van der Waals surface area contributed by atoms with Crippen LogP contribution in [0.2, 0.25) is 0 Å². The molecule has 1 aliphatic rings. The molecule has 5 N–H and O–H groups in total. The standard InChI is InChI=1S/C7H14N6O2S/c8-7-12-11-6(13(7)9)3-10-5-1-2-16(14,15)4-5/h5,10H,1-4,9H2,(H2,8,12). The van der Waals surface area contributed by atoms with Crippen molar-refractivity contribution < 1.29 is 8.42 Å². The highest BCUT2D eigenvalue weighted by atomic mass is 32.2. The number of nitrogens with zero attached hydrogens (tertiary/aromatic N) is 3. The van der Waals surface area contributed by atoms with Crippen LogP contribution in [0.1, 0.15) is 12.2 Å². The van der Waals surface area contributed by atoms with Crippen LogP contribution in [-0.2, 0) is 16.4 Å². The zero-order valence-electron chi connectivity index (χ0n) is 8.63. The van der Waals surface area contributed by atoms with Gasteiger partial charge in [-0.05, 0) is 6.42 Å². The van der Waals surface area contributed by atoms with Crippen LogP contribution >= 0.6 is 0 Å². The monoisotopic (exact) mass is 246 g/mol. The molecule has 1 fully saturated rings. The van der Waals surface area contributed by atoms with Gasteiger partial charge in [0.2, 0.25) is 5.95 Å². The molecule has 0 bridgehead atoms. The van der Waals surface area contributed by atoms with Gasteiger partial charge in [0.05, 0.1) is 18.1 Å². The van der Waals surface area contributed by atoms with Gasteiger partial charge in [0.15, 0.2) is 15.7 Å². The van der Waals surface area contributed by atoms with Crippen molar-refractivity contribution in [2.45, 2.75) is 19.0 Å². The van der Waals surface area contributed by atoms with Gasteiger partial charge in [-0.3, -0.25) is 0 Å². The molecule has 1 aliphatic heterocycles. The second kappa shape index (κ2) is 3.91. The maximum Gasteiger partial charge on any atom is 0.240 e. The minimum absolute atomic E-state index is 0.0390. The van der Waals surface area contributed by atoms with Gasteiger partial charge in [-0.1, -0.05) is 0 Å². The number of nitrogens with one attached hydrogen (secondary N) is 1. The van der Waals surface area contributed by atoms with Crippen LogP contribution in [0, 0.1) is 0 Å². The fourth-order valence-corrected chi connectivity index (χ4v) is 3.36. The Bertz CT molecular complexity index is 481. The average Bonchev–Trinajstić information content (AvgIpc) is 2.70. The Kier molecular flexibility index (Phi) is 2.72. The Morgan fingerprint density at radius 1 is 1.50 bits per heavy atom. The van der Waals surface area contributed by atoms with Crippen molar-refractivity contribution in [2.75, 3.05) is 23.1 Å². The molecule has 16 heavy (non-hydrogen) atoms. The highest BCUT2D eigenvalue weighted by Crippen LogP contribution is 2.11. The van der Waals surface area contributed by atoms with E-state index in [1.807, 2.05) is 0 Å². The number of nitrogens with two attached hydrogens (primary N) is 2. The van der Waals surface area contributed by atoms with Crippen molar-refractivity contribution in [3.8, 4) is 0 Å². The Hall–Kier alpha value is -1.35. The van der Waals surface area contributed by atoms with Gasteiger partial charge in [-0.25, -0.2) is 13.1 Å². The van der Waals surface area contributed by atoms with E-state index in [-0.39, 0.29) is 23.5 Å². The lowest BCUT2D eigenvalue weighted by Gasteiger charge is -2.09. The largest absolute Gasteiger partial charge is 0.366 e. The Morgan fingerprint density at radius 2 is 2.25 bits per heavy atom. The van der Waals surface area contributed by atoms with Gasteiger partial charge >= 0.3 is 0 Å². The lowest BCUT2D eigenvalue weighted by atomic mass is 10.2. The van der Waals surface area contributed by atoms with E-state index < -0.39 is 9.84 Å². The molecule has 0 saturated carbocycles. The molecule has 2 heterocycles. The first kappa shape index (κ1) is 11.1. The fourth-order valence-electron chi connectivity index (χ4n) is 1.65. The van der Waals surface area contributed by atoms with Crippen molar-refractivity contribution in [2.24, 2.45) is 0 Å². The van der Waals surface area contributed by atoms with E-state index in [0.29, 0.717) is 18.8 Å². The summed E-state index contributed by atoms with van der Waals surface area (Å²) < 4.78 is 23.6. The summed E-state index contributed by atoms with van der Waals surface area (Å²) in [5.41, 5.74) is 5.41. The van der Waals surface area contributed by atoms with Gasteiger partial charge in [0, 0.05) is 6.04 Å². The maximum absolute atomic E-state index is 11.2. The molecule has 0 amide bonds. The molecule has 2 rings (SSSR count). The molecule has 0 aromatic carbocycles.